The van der Waals surface area contributed by atoms with Crippen LogP contribution in [0.5, 0.6) is 0 Å². The van der Waals surface area contributed by atoms with E-state index < -0.39 is 6.10 Å². The van der Waals surface area contributed by atoms with Crippen molar-refractivity contribution in [3.63, 3.8) is 0 Å². The van der Waals surface area contributed by atoms with Gasteiger partial charge in [0.15, 0.2) is 0 Å². The van der Waals surface area contributed by atoms with Gasteiger partial charge in [-0.3, -0.25) is 0 Å². The molecule has 10 heavy (non-hydrogen) atoms. The molecule has 2 nitrogen and oxygen atoms in total. The molecule has 2 unspecified atom stereocenters. The molecule has 0 spiro atoms. The van der Waals surface area contributed by atoms with Crippen molar-refractivity contribution in [2.75, 3.05) is 6.61 Å². The number of ether oxygens (including phenoxy) is 1. The average Bonchev–Trinajstić information content (AvgIpc) is 1.89. The standard InChI is InChI=1S/C8H16O2/c1-4-6-10-8(5-2)7(3)9/h5,7-9H,2,4,6H2,1,3H3. The summed E-state index contributed by atoms with van der Waals surface area (Å²) < 4.78 is 5.23. The van der Waals surface area contributed by atoms with E-state index in [9.17, 15) is 0 Å². The molecule has 0 aliphatic carbocycles. The summed E-state index contributed by atoms with van der Waals surface area (Å²) >= 11 is 0. The van der Waals surface area contributed by atoms with Crippen LogP contribution >= 0.6 is 0 Å². The molecule has 0 fully saturated rings. The molecule has 0 bridgehead atoms. The number of hydrogen-bond donors (Lipinski definition) is 1. The minimum absolute atomic E-state index is 0.208. The van der Waals surface area contributed by atoms with Gasteiger partial charge in [0.2, 0.25) is 0 Å². The van der Waals surface area contributed by atoms with Crippen molar-refractivity contribution in [2.45, 2.75) is 32.5 Å². The molecule has 0 amide bonds. The zero-order valence-corrected chi connectivity index (χ0v) is 6.71. The summed E-state index contributed by atoms with van der Waals surface area (Å²) in [4.78, 5) is 0. The largest absolute Gasteiger partial charge is 0.390 e. The molecule has 0 aliphatic heterocycles. The first-order chi connectivity index (χ1) is 4.72. The second kappa shape index (κ2) is 5.45. The summed E-state index contributed by atoms with van der Waals surface area (Å²) in [6.07, 6.45) is 1.93. The smallest absolute Gasteiger partial charge is 0.101 e. The van der Waals surface area contributed by atoms with Crippen LogP contribution in [0, 0.1) is 0 Å². The van der Waals surface area contributed by atoms with Gasteiger partial charge in [-0.15, -0.1) is 6.58 Å². The lowest BCUT2D eigenvalue weighted by Crippen LogP contribution is -2.24. The molecule has 2 heteroatoms. The summed E-state index contributed by atoms with van der Waals surface area (Å²) in [5.41, 5.74) is 0. The highest BCUT2D eigenvalue weighted by molar-refractivity contribution is 4.83. The number of rotatable bonds is 5. The highest BCUT2D eigenvalue weighted by Crippen LogP contribution is 2.00. The van der Waals surface area contributed by atoms with E-state index in [4.69, 9.17) is 9.84 Å². The van der Waals surface area contributed by atoms with Crippen LogP contribution in [-0.2, 0) is 4.74 Å². The van der Waals surface area contributed by atoms with E-state index in [2.05, 4.69) is 6.58 Å². The zero-order valence-electron chi connectivity index (χ0n) is 6.71. The Morgan fingerprint density at radius 3 is 2.60 bits per heavy atom. The average molecular weight is 144 g/mol. The fourth-order valence-electron chi connectivity index (χ4n) is 0.658. The van der Waals surface area contributed by atoms with E-state index in [1.165, 1.54) is 0 Å². The second-order valence-corrected chi connectivity index (χ2v) is 2.31. The predicted octanol–water partition coefficient (Wildman–Crippen LogP) is 1.35. The van der Waals surface area contributed by atoms with Crippen molar-refractivity contribution in [3.05, 3.63) is 12.7 Å². The minimum atomic E-state index is -0.455. The number of aliphatic hydroxyl groups is 1. The lowest BCUT2D eigenvalue weighted by atomic mass is 10.2. The molecular formula is C8H16O2. The zero-order chi connectivity index (χ0) is 7.98. The Morgan fingerprint density at radius 1 is 1.70 bits per heavy atom. The molecule has 0 saturated heterocycles. The van der Waals surface area contributed by atoms with Gasteiger partial charge in [0.25, 0.3) is 0 Å². The predicted molar refractivity (Wildman–Crippen MR) is 41.9 cm³/mol. The molecule has 0 heterocycles. The third-order valence-electron chi connectivity index (χ3n) is 1.22. The van der Waals surface area contributed by atoms with Gasteiger partial charge in [-0.2, -0.15) is 0 Å². The van der Waals surface area contributed by atoms with Gasteiger partial charge >= 0.3 is 0 Å². The molecule has 2 atom stereocenters. The summed E-state index contributed by atoms with van der Waals surface area (Å²) in [5, 5.41) is 9.04. The van der Waals surface area contributed by atoms with Crippen molar-refractivity contribution in [3.8, 4) is 0 Å². The lowest BCUT2D eigenvalue weighted by molar-refractivity contribution is -0.000647. The van der Waals surface area contributed by atoms with Gasteiger partial charge in [0, 0.05) is 6.61 Å². The SMILES string of the molecule is C=CC(OCCC)C(C)O. The van der Waals surface area contributed by atoms with Gasteiger partial charge in [0.1, 0.15) is 6.10 Å². The van der Waals surface area contributed by atoms with Gasteiger partial charge in [-0.05, 0) is 13.3 Å². The van der Waals surface area contributed by atoms with E-state index >= 15 is 0 Å². The first kappa shape index (κ1) is 9.66. The van der Waals surface area contributed by atoms with Gasteiger partial charge in [-0.25, -0.2) is 0 Å². The highest BCUT2D eigenvalue weighted by Gasteiger charge is 2.09. The molecule has 0 saturated carbocycles. The van der Waals surface area contributed by atoms with Gasteiger partial charge < -0.3 is 9.84 Å². The molecule has 0 aliphatic rings. The molecule has 0 aromatic carbocycles. The van der Waals surface area contributed by atoms with E-state index in [0.717, 1.165) is 6.42 Å². The molecular weight excluding hydrogens is 128 g/mol. The lowest BCUT2D eigenvalue weighted by Gasteiger charge is -2.15. The van der Waals surface area contributed by atoms with Crippen molar-refractivity contribution < 1.29 is 9.84 Å². The Hall–Kier alpha value is -0.340. The Morgan fingerprint density at radius 2 is 2.30 bits per heavy atom. The topological polar surface area (TPSA) is 29.5 Å². The van der Waals surface area contributed by atoms with Crippen molar-refractivity contribution in [1.29, 1.82) is 0 Å². The molecule has 0 aromatic heterocycles. The van der Waals surface area contributed by atoms with Crippen molar-refractivity contribution in [2.24, 2.45) is 0 Å². The molecule has 0 rings (SSSR count). The van der Waals surface area contributed by atoms with Crippen molar-refractivity contribution >= 4 is 0 Å². The summed E-state index contributed by atoms with van der Waals surface area (Å²) in [7, 11) is 0. The molecule has 1 N–H and O–H groups in total. The third-order valence-corrected chi connectivity index (χ3v) is 1.22. The van der Waals surface area contributed by atoms with E-state index in [-0.39, 0.29) is 6.10 Å². The van der Waals surface area contributed by atoms with E-state index in [0.29, 0.717) is 6.61 Å². The Balaban J connectivity index is 3.50. The summed E-state index contributed by atoms with van der Waals surface area (Å²) in [6.45, 7) is 7.96. The minimum Gasteiger partial charge on any atom is -0.390 e. The normalized spacial score (nSPS) is 16.3. The van der Waals surface area contributed by atoms with Crippen LogP contribution in [0.4, 0.5) is 0 Å². The second-order valence-electron chi connectivity index (χ2n) is 2.31. The van der Waals surface area contributed by atoms with Crippen LogP contribution in [0.25, 0.3) is 0 Å². The molecule has 0 aromatic rings. The maximum absolute atomic E-state index is 9.04. The van der Waals surface area contributed by atoms with E-state index in [1.54, 1.807) is 13.0 Å². The van der Waals surface area contributed by atoms with E-state index in [1.807, 2.05) is 6.92 Å². The number of hydrogen-bond acceptors (Lipinski definition) is 2. The van der Waals surface area contributed by atoms with Crippen LogP contribution in [0.15, 0.2) is 12.7 Å². The quantitative estimate of drug-likeness (QED) is 0.590. The third kappa shape index (κ3) is 3.64. The summed E-state index contributed by atoms with van der Waals surface area (Å²) in [6, 6.07) is 0. The Kier molecular flexibility index (Phi) is 5.26. The van der Waals surface area contributed by atoms with Crippen LogP contribution < -0.4 is 0 Å². The summed E-state index contributed by atoms with van der Waals surface area (Å²) in [5.74, 6) is 0. The first-order valence-electron chi connectivity index (χ1n) is 3.64. The monoisotopic (exact) mass is 144 g/mol. The first-order valence-corrected chi connectivity index (χ1v) is 3.64. The maximum atomic E-state index is 9.04. The highest BCUT2D eigenvalue weighted by atomic mass is 16.5. The van der Waals surface area contributed by atoms with Gasteiger partial charge in [-0.1, -0.05) is 13.0 Å². The molecule has 60 valence electrons. The van der Waals surface area contributed by atoms with Crippen molar-refractivity contribution in [1.82, 2.24) is 0 Å². The van der Waals surface area contributed by atoms with Gasteiger partial charge in [0.05, 0.1) is 6.10 Å². The van der Waals surface area contributed by atoms with Crippen LogP contribution in [0.1, 0.15) is 20.3 Å². The Labute approximate surface area is 62.5 Å². The maximum Gasteiger partial charge on any atom is 0.101 e. The Bertz CT molecular complexity index is 89.3. The fourth-order valence-corrected chi connectivity index (χ4v) is 0.658. The van der Waals surface area contributed by atoms with Crippen LogP contribution in [0.2, 0.25) is 0 Å². The van der Waals surface area contributed by atoms with Crippen LogP contribution in [-0.4, -0.2) is 23.9 Å². The fraction of sp³-hybridized carbons (Fsp3) is 0.750. The van der Waals surface area contributed by atoms with Crippen LogP contribution in [0.3, 0.4) is 0 Å². The molecule has 0 radical (unpaired) electrons. The number of aliphatic hydroxyl groups excluding tert-OH is 1.